The standard InChI is InChI=1S/C16H17ClN4O/c17-16-19-14(10-1-3-11(18)4-2-10)7-15(20-16)21-8-12-5-6-13(9-21)22-12/h1-4,7,12-13H,5-6,8-9,18H2. The number of morpholine rings is 1. The third-order valence-electron chi connectivity index (χ3n) is 4.26. The molecule has 0 amide bonds. The predicted octanol–water partition coefficient (Wildman–Crippen LogP) is 2.75. The van der Waals surface area contributed by atoms with Gasteiger partial charge in [0.25, 0.3) is 0 Å². The number of ether oxygens (including phenoxy) is 1. The van der Waals surface area contributed by atoms with Gasteiger partial charge in [-0.05, 0) is 36.6 Å². The lowest BCUT2D eigenvalue weighted by molar-refractivity contribution is 0.0302. The summed E-state index contributed by atoms with van der Waals surface area (Å²) in [5.41, 5.74) is 8.26. The summed E-state index contributed by atoms with van der Waals surface area (Å²) >= 11 is 6.13. The van der Waals surface area contributed by atoms with Crippen LogP contribution >= 0.6 is 11.6 Å². The maximum absolute atomic E-state index is 6.13. The Labute approximate surface area is 134 Å². The Morgan fingerprint density at radius 3 is 2.45 bits per heavy atom. The average Bonchev–Trinajstić information content (AvgIpc) is 2.85. The van der Waals surface area contributed by atoms with E-state index in [1.165, 1.54) is 0 Å². The van der Waals surface area contributed by atoms with Crippen LogP contribution in [0.2, 0.25) is 5.28 Å². The zero-order valence-electron chi connectivity index (χ0n) is 12.1. The van der Waals surface area contributed by atoms with Crippen LogP contribution in [0.4, 0.5) is 11.5 Å². The lowest BCUT2D eigenvalue weighted by atomic mass is 10.1. The van der Waals surface area contributed by atoms with Gasteiger partial charge in [-0.1, -0.05) is 12.1 Å². The number of halogens is 1. The highest BCUT2D eigenvalue weighted by Crippen LogP contribution is 2.31. The van der Waals surface area contributed by atoms with E-state index in [0.29, 0.717) is 12.2 Å². The molecule has 1 aromatic heterocycles. The third-order valence-corrected chi connectivity index (χ3v) is 4.43. The van der Waals surface area contributed by atoms with E-state index in [1.807, 2.05) is 30.3 Å². The Bertz CT molecular complexity index is 679. The summed E-state index contributed by atoms with van der Waals surface area (Å²) in [4.78, 5) is 11.0. The van der Waals surface area contributed by atoms with Gasteiger partial charge in [0.05, 0.1) is 17.9 Å². The molecule has 2 aromatic rings. The van der Waals surface area contributed by atoms with Crippen LogP contribution in [0.3, 0.4) is 0 Å². The highest BCUT2D eigenvalue weighted by atomic mass is 35.5. The molecule has 3 heterocycles. The number of hydrogen-bond donors (Lipinski definition) is 1. The normalized spacial score (nSPS) is 23.8. The van der Waals surface area contributed by atoms with Crippen LogP contribution in [0.5, 0.6) is 0 Å². The van der Waals surface area contributed by atoms with Gasteiger partial charge in [-0.2, -0.15) is 0 Å². The van der Waals surface area contributed by atoms with Crippen molar-refractivity contribution in [1.29, 1.82) is 0 Å². The minimum Gasteiger partial charge on any atom is -0.399 e. The predicted molar refractivity (Wildman–Crippen MR) is 87.0 cm³/mol. The number of rotatable bonds is 2. The number of anilines is 2. The molecule has 5 nitrogen and oxygen atoms in total. The van der Waals surface area contributed by atoms with E-state index in [1.54, 1.807) is 0 Å². The van der Waals surface area contributed by atoms with E-state index in [2.05, 4.69) is 14.9 Å². The summed E-state index contributed by atoms with van der Waals surface area (Å²) in [6.45, 7) is 1.73. The molecule has 0 saturated carbocycles. The van der Waals surface area contributed by atoms with E-state index >= 15 is 0 Å². The molecule has 2 unspecified atom stereocenters. The van der Waals surface area contributed by atoms with E-state index in [0.717, 1.165) is 48.7 Å². The molecule has 22 heavy (non-hydrogen) atoms. The molecule has 2 saturated heterocycles. The number of aromatic nitrogens is 2. The maximum atomic E-state index is 6.13. The quantitative estimate of drug-likeness (QED) is 0.682. The van der Waals surface area contributed by atoms with E-state index < -0.39 is 0 Å². The lowest BCUT2D eigenvalue weighted by Crippen LogP contribution is -2.43. The molecular weight excluding hydrogens is 300 g/mol. The van der Waals surface area contributed by atoms with Crippen LogP contribution in [0.15, 0.2) is 30.3 Å². The van der Waals surface area contributed by atoms with Crippen molar-refractivity contribution in [3.63, 3.8) is 0 Å². The minimum absolute atomic E-state index is 0.267. The van der Waals surface area contributed by atoms with Crippen molar-refractivity contribution >= 4 is 23.1 Å². The Morgan fingerprint density at radius 1 is 1.09 bits per heavy atom. The van der Waals surface area contributed by atoms with Crippen molar-refractivity contribution in [2.24, 2.45) is 0 Å². The van der Waals surface area contributed by atoms with Crippen molar-refractivity contribution in [2.45, 2.75) is 25.0 Å². The fourth-order valence-electron chi connectivity index (χ4n) is 3.17. The lowest BCUT2D eigenvalue weighted by Gasteiger charge is -2.33. The van der Waals surface area contributed by atoms with Gasteiger partial charge in [-0.25, -0.2) is 9.97 Å². The Kier molecular flexibility index (Phi) is 3.39. The molecule has 1 aromatic carbocycles. The van der Waals surface area contributed by atoms with E-state index in [-0.39, 0.29) is 5.28 Å². The van der Waals surface area contributed by atoms with E-state index in [9.17, 15) is 0 Å². The molecule has 2 fully saturated rings. The van der Waals surface area contributed by atoms with Gasteiger partial charge in [-0.3, -0.25) is 0 Å². The first-order valence-corrected chi connectivity index (χ1v) is 7.86. The zero-order chi connectivity index (χ0) is 15.1. The van der Waals surface area contributed by atoms with Gasteiger partial charge >= 0.3 is 0 Å². The summed E-state index contributed by atoms with van der Waals surface area (Å²) in [5, 5.41) is 0.267. The Hall–Kier alpha value is -1.85. The summed E-state index contributed by atoms with van der Waals surface area (Å²) in [7, 11) is 0. The number of nitrogen functional groups attached to an aromatic ring is 1. The number of nitrogens with two attached hydrogens (primary N) is 1. The molecular formula is C16H17ClN4O. The maximum Gasteiger partial charge on any atom is 0.224 e. The summed E-state index contributed by atoms with van der Waals surface area (Å²) < 4.78 is 5.88. The van der Waals surface area contributed by atoms with Crippen LogP contribution in [-0.2, 0) is 4.74 Å². The molecule has 2 aliphatic heterocycles. The number of hydrogen-bond acceptors (Lipinski definition) is 5. The van der Waals surface area contributed by atoms with Crippen molar-refractivity contribution in [2.75, 3.05) is 23.7 Å². The second-order valence-electron chi connectivity index (χ2n) is 5.86. The van der Waals surface area contributed by atoms with Crippen LogP contribution < -0.4 is 10.6 Å². The number of nitrogens with zero attached hydrogens (tertiary/aromatic N) is 3. The largest absolute Gasteiger partial charge is 0.399 e. The minimum atomic E-state index is 0.267. The van der Waals surface area contributed by atoms with Gasteiger partial charge < -0.3 is 15.4 Å². The molecule has 0 radical (unpaired) electrons. The molecule has 0 spiro atoms. The summed E-state index contributed by atoms with van der Waals surface area (Å²) in [6, 6.07) is 9.60. The monoisotopic (exact) mass is 316 g/mol. The first-order valence-electron chi connectivity index (χ1n) is 7.48. The van der Waals surface area contributed by atoms with Gasteiger partial charge in [0, 0.05) is 30.4 Å². The molecule has 0 aliphatic carbocycles. The highest BCUT2D eigenvalue weighted by molar-refractivity contribution is 6.28. The summed E-state index contributed by atoms with van der Waals surface area (Å²) in [6.07, 6.45) is 2.88. The first kappa shape index (κ1) is 13.8. The Balaban J connectivity index is 1.67. The Morgan fingerprint density at radius 2 is 1.77 bits per heavy atom. The first-order chi connectivity index (χ1) is 10.7. The molecule has 114 valence electrons. The second kappa shape index (κ2) is 5.41. The average molecular weight is 317 g/mol. The molecule has 2 bridgehead atoms. The van der Waals surface area contributed by atoms with Crippen LogP contribution in [0.25, 0.3) is 11.3 Å². The van der Waals surface area contributed by atoms with Crippen molar-refractivity contribution in [1.82, 2.24) is 9.97 Å². The van der Waals surface area contributed by atoms with Crippen LogP contribution in [0.1, 0.15) is 12.8 Å². The van der Waals surface area contributed by atoms with Gasteiger partial charge in [0.15, 0.2) is 0 Å². The topological polar surface area (TPSA) is 64.3 Å². The SMILES string of the molecule is Nc1ccc(-c2cc(N3CC4CCC(C3)O4)nc(Cl)n2)cc1. The number of fused-ring (bicyclic) bond motifs is 2. The third kappa shape index (κ3) is 2.62. The fourth-order valence-corrected chi connectivity index (χ4v) is 3.35. The smallest absolute Gasteiger partial charge is 0.224 e. The van der Waals surface area contributed by atoms with E-state index in [4.69, 9.17) is 22.1 Å². The van der Waals surface area contributed by atoms with Gasteiger partial charge in [0.1, 0.15) is 5.82 Å². The van der Waals surface area contributed by atoms with Gasteiger partial charge in [0.2, 0.25) is 5.28 Å². The fraction of sp³-hybridized carbons (Fsp3) is 0.375. The zero-order valence-corrected chi connectivity index (χ0v) is 12.8. The van der Waals surface area contributed by atoms with Crippen molar-refractivity contribution in [3.05, 3.63) is 35.6 Å². The van der Waals surface area contributed by atoms with Crippen LogP contribution in [0, 0.1) is 0 Å². The highest BCUT2D eigenvalue weighted by Gasteiger charge is 2.34. The summed E-state index contributed by atoms with van der Waals surface area (Å²) in [5.74, 6) is 0.868. The van der Waals surface area contributed by atoms with Crippen molar-refractivity contribution < 1.29 is 4.74 Å². The molecule has 4 rings (SSSR count). The second-order valence-corrected chi connectivity index (χ2v) is 6.20. The number of benzene rings is 1. The molecule has 2 aliphatic rings. The van der Waals surface area contributed by atoms with Crippen LogP contribution in [-0.4, -0.2) is 35.3 Å². The molecule has 6 heteroatoms. The van der Waals surface area contributed by atoms with Gasteiger partial charge in [-0.15, -0.1) is 0 Å². The molecule has 2 atom stereocenters. The molecule has 2 N–H and O–H groups in total. The van der Waals surface area contributed by atoms with Crippen molar-refractivity contribution in [3.8, 4) is 11.3 Å².